The van der Waals surface area contributed by atoms with Crippen molar-refractivity contribution in [1.82, 2.24) is 4.90 Å². The number of hydrogen-bond acceptors (Lipinski definition) is 5. The second kappa shape index (κ2) is 7.93. The van der Waals surface area contributed by atoms with Crippen molar-refractivity contribution in [1.29, 1.82) is 0 Å². The summed E-state index contributed by atoms with van der Waals surface area (Å²) in [6, 6.07) is 11.2. The van der Waals surface area contributed by atoms with Gasteiger partial charge in [-0.15, -0.1) is 0 Å². The van der Waals surface area contributed by atoms with Gasteiger partial charge >= 0.3 is 0 Å². The van der Waals surface area contributed by atoms with Crippen molar-refractivity contribution in [2.45, 2.75) is 38.4 Å². The van der Waals surface area contributed by atoms with E-state index in [0.717, 1.165) is 11.3 Å². The molecule has 0 saturated carbocycles. The molecule has 0 radical (unpaired) electrons. The van der Waals surface area contributed by atoms with Crippen LogP contribution in [0.25, 0.3) is 0 Å². The summed E-state index contributed by atoms with van der Waals surface area (Å²) in [5.74, 6) is 1.46. The number of carbonyl (C=O) groups is 1. The molecule has 1 aliphatic heterocycles. The molecule has 140 valence electrons. The second-order valence-corrected chi connectivity index (χ2v) is 6.85. The van der Waals surface area contributed by atoms with Crippen molar-refractivity contribution in [2.75, 3.05) is 19.7 Å². The van der Waals surface area contributed by atoms with Crippen molar-refractivity contribution in [2.24, 2.45) is 0 Å². The van der Waals surface area contributed by atoms with E-state index in [4.69, 9.17) is 9.15 Å². The van der Waals surface area contributed by atoms with Crippen molar-refractivity contribution in [3.63, 3.8) is 0 Å². The molecule has 3 rings (SSSR count). The van der Waals surface area contributed by atoms with Gasteiger partial charge in [-0.3, -0.25) is 4.79 Å². The Morgan fingerprint density at radius 3 is 2.77 bits per heavy atom. The molecule has 26 heavy (non-hydrogen) atoms. The molecule has 6 heteroatoms. The van der Waals surface area contributed by atoms with E-state index in [0.29, 0.717) is 43.9 Å². The Morgan fingerprint density at radius 2 is 2.04 bits per heavy atom. The first kappa shape index (κ1) is 18.5. The standard InChI is InChI=1S/C20H25NO5/c1-15-12-17(13-25-16-6-3-2-4-7-16)26-18(15)19(23)21-10-5-8-20(24,14-22)9-11-21/h2-4,6-7,12,22,24H,5,8-11,13-14H2,1H3. The highest BCUT2D eigenvalue weighted by atomic mass is 16.5. The number of likely N-dealkylation sites (tertiary alicyclic amines) is 1. The number of ether oxygens (including phenoxy) is 1. The third-order valence-electron chi connectivity index (χ3n) is 4.79. The van der Waals surface area contributed by atoms with Crippen LogP contribution in [-0.2, 0) is 6.61 Å². The zero-order valence-corrected chi connectivity index (χ0v) is 15.0. The quantitative estimate of drug-likeness (QED) is 0.857. The highest BCUT2D eigenvalue weighted by molar-refractivity contribution is 5.93. The first-order chi connectivity index (χ1) is 12.5. The van der Waals surface area contributed by atoms with Gasteiger partial charge in [-0.1, -0.05) is 18.2 Å². The molecule has 1 aliphatic rings. The Labute approximate surface area is 153 Å². The molecule has 2 N–H and O–H groups in total. The highest BCUT2D eigenvalue weighted by Gasteiger charge is 2.32. The molecule has 2 aromatic rings. The summed E-state index contributed by atoms with van der Waals surface area (Å²) in [6.07, 6.45) is 1.49. The molecule has 1 amide bonds. The lowest BCUT2D eigenvalue weighted by molar-refractivity contribution is -0.0251. The Kier molecular flexibility index (Phi) is 5.64. The summed E-state index contributed by atoms with van der Waals surface area (Å²) in [6.45, 7) is 2.74. The van der Waals surface area contributed by atoms with Crippen LogP contribution in [0.3, 0.4) is 0 Å². The topological polar surface area (TPSA) is 83.1 Å². The molecule has 1 aromatic heterocycles. The maximum atomic E-state index is 12.8. The molecule has 1 unspecified atom stereocenters. The smallest absolute Gasteiger partial charge is 0.289 e. The van der Waals surface area contributed by atoms with Gasteiger partial charge in [0, 0.05) is 18.7 Å². The van der Waals surface area contributed by atoms with Crippen LogP contribution in [-0.4, -0.2) is 46.3 Å². The fourth-order valence-corrected chi connectivity index (χ4v) is 3.19. The second-order valence-electron chi connectivity index (χ2n) is 6.85. The van der Waals surface area contributed by atoms with Crippen LogP contribution in [0.5, 0.6) is 5.75 Å². The minimum atomic E-state index is -1.10. The predicted octanol–water partition coefficient (Wildman–Crippen LogP) is 2.52. The van der Waals surface area contributed by atoms with Gasteiger partial charge in [-0.25, -0.2) is 0 Å². The number of para-hydroxylation sites is 1. The van der Waals surface area contributed by atoms with Crippen LogP contribution in [0.2, 0.25) is 0 Å². The van der Waals surface area contributed by atoms with E-state index in [1.54, 1.807) is 4.90 Å². The van der Waals surface area contributed by atoms with Gasteiger partial charge in [-0.05, 0) is 44.4 Å². The molecule has 1 atom stereocenters. The Bertz CT molecular complexity index is 742. The molecule has 0 bridgehead atoms. The van der Waals surface area contributed by atoms with Gasteiger partial charge in [0.15, 0.2) is 5.76 Å². The minimum absolute atomic E-state index is 0.185. The molecule has 6 nitrogen and oxygen atoms in total. The lowest BCUT2D eigenvalue weighted by Crippen LogP contribution is -2.36. The zero-order chi connectivity index (χ0) is 18.6. The summed E-state index contributed by atoms with van der Waals surface area (Å²) < 4.78 is 11.4. The number of rotatable bonds is 5. The van der Waals surface area contributed by atoms with Gasteiger partial charge in [0.1, 0.15) is 18.1 Å². The Morgan fingerprint density at radius 1 is 1.27 bits per heavy atom. The number of benzene rings is 1. The zero-order valence-electron chi connectivity index (χ0n) is 15.0. The lowest BCUT2D eigenvalue weighted by Gasteiger charge is -2.24. The largest absolute Gasteiger partial charge is 0.486 e. The van der Waals surface area contributed by atoms with Gasteiger partial charge in [0.05, 0.1) is 12.2 Å². The van der Waals surface area contributed by atoms with Crippen molar-refractivity contribution in [3.05, 3.63) is 53.5 Å². The maximum Gasteiger partial charge on any atom is 0.289 e. The average Bonchev–Trinajstić information content (AvgIpc) is 2.91. The van der Waals surface area contributed by atoms with E-state index >= 15 is 0 Å². The normalized spacial score (nSPS) is 20.7. The summed E-state index contributed by atoms with van der Waals surface area (Å²) in [7, 11) is 0. The van der Waals surface area contributed by atoms with Gasteiger partial charge in [-0.2, -0.15) is 0 Å². The first-order valence-corrected chi connectivity index (χ1v) is 8.90. The molecule has 1 fully saturated rings. The van der Waals surface area contributed by atoms with Crippen LogP contribution >= 0.6 is 0 Å². The van der Waals surface area contributed by atoms with Crippen molar-refractivity contribution in [3.8, 4) is 5.75 Å². The lowest BCUT2D eigenvalue weighted by atomic mass is 9.96. The number of aliphatic hydroxyl groups is 2. The fraction of sp³-hybridized carbons (Fsp3) is 0.450. The van der Waals surface area contributed by atoms with E-state index in [1.165, 1.54) is 0 Å². The predicted molar refractivity (Wildman–Crippen MR) is 96.0 cm³/mol. The maximum absolute atomic E-state index is 12.8. The Hall–Kier alpha value is -2.31. The number of carbonyl (C=O) groups excluding carboxylic acids is 1. The summed E-state index contributed by atoms with van der Waals surface area (Å²) in [4.78, 5) is 14.5. The fourth-order valence-electron chi connectivity index (χ4n) is 3.19. The monoisotopic (exact) mass is 359 g/mol. The van der Waals surface area contributed by atoms with Crippen LogP contribution in [0.1, 0.15) is 41.1 Å². The number of aryl methyl sites for hydroxylation is 1. The number of aliphatic hydroxyl groups excluding tert-OH is 1. The molecule has 2 heterocycles. The molecule has 0 aliphatic carbocycles. The SMILES string of the molecule is Cc1cc(COc2ccccc2)oc1C(=O)N1CCCC(O)(CO)CC1. The van der Waals surface area contributed by atoms with Gasteiger partial charge in [0.2, 0.25) is 0 Å². The average molecular weight is 359 g/mol. The van der Waals surface area contributed by atoms with Crippen molar-refractivity contribution >= 4 is 5.91 Å². The highest BCUT2D eigenvalue weighted by Crippen LogP contribution is 2.24. The van der Waals surface area contributed by atoms with Crippen molar-refractivity contribution < 1.29 is 24.2 Å². The molecular weight excluding hydrogens is 334 g/mol. The van der Waals surface area contributed by atoms with Gasteiger partial charge < -0.3 is 24.3 Å². The number of nitrogens with zero attached hydrogens (tertiary/aromatic N) is 1. The Balaban J connectivity index is 1.65. The third kappa shape index (κ3) is 4.26. The van der Waals surface area contributed by atoms with E-state index in [2.05, 4.69) is 0 Å². The van der Waals surface area contributed by atoms with Crippen LogP contribution in [0.15, 0.2) is 40.8 Å². The van der Waals surface area contributed by atoms with Crippen LogP contribution in [0.4, 0.5) is 0 Å². The minimum Gasteiger partial charge on any atom is -0.486 e. The first-order valence-electron chi connectivity index (χ1n) is 8.90. The summed E-state index contributed by atoms with van der Waals surface area (Å²) in [5, 5.41) is 19.6. The number of furan rings is 1. The summed E-state index contributed by atoms with van der Waals surface area (Å²) >= 11 is 0. The van der Waals surface area contributed by atoms with E-state index in [9.17, 15) is 15.0 Å². The molecule has 0 spiro atoms. The third-order valence-corrected chi connectivity index (χ3v) is 4.79. The van der Waals surface area contributed by atoms with E-state index in [1.807, 2.05) is 43.3 Å². The summed E-state index contributed by atoms with van der Waals surface area (Å²) in [5.41, 5.74) is -0.328. The van der Waals surface area contributed by atoms with Crippen LogP contribution in [0, 0.1) is 6.92 Å². The van der Waals surface area contributed by atoms with E-state index < -0.39 is 5.60 Å². The molecule has 1 aromatic carbocycles. The van der Waals surface area contributed by atoms with E-state index in [-0.39, 0.29) is 19.1 Å². The number of amides is 1. The van der Waals surface area contributed by atoms with Gasteiger partial charge in [0.25, 0.3) is 5.91 Å². The number of hydrogen-bond donors (Lipinski definition) is 2. The van der Waals surface area contributed by atoms with Crippen LogP contribution < -0.4 is 4.74 Å². The molecular formula is C20H25NO5. The molecule has 1 saturated heterocycles.